The molecule has 0 aliphatic heterocycles. The number of imidazole rings is 1. The monoisotopic (exact) mass is 257 g/mol. The minimum absolute atomic E-state index is 0.165. The number of benzene rings is 1. The first-order valence-corrected chi connectivity index (χ1v) is 5.06. The molecule has 1 aromatic carbocycles. The van der Waals surface area contributed by atoms with Gasteiger partial charge in [-0.25, -0.2) is 4.98 Å². The van der Waals surface area contributed by atoms with Crippen molar-refractivity contribution in [2.45, 2.75) is 12.9 Å². The summed E-state index contributed by atoms with van der Waals surface area (Å²) in [6.07, 6.45) is -1.65. The Morgan fingerprint density at radius 3 is 2.61 bits per heavy atom. The summed E-state index contributed by atoms with van der Waals surface area (Å²) in [5.74, 6) is -0.00471. The van der Waals surface area contributed by atoms with E-state index in [4.69, 9.17) is 5.73 Å². The van der Waals surface area contributed by atoms with Crippen molar-refractivity contribution in [2.75, 3.05) is 5.73 Å². The molecule has 96 valence electrons. The van der Waals surface area contributed by atoms with E-state index in [9.17, 15) is 13.2 Å². The summed E-state index contributed by atoms with van der Waals surface area (Å²) in [6.45, 7) is 0.165. The molecule has 0 radical (unpaired) electrons. The van der Waals surface area contributed by atoms with Crippen LogP contribution in [-0.2, 0) is 6.54 Å². The molecule has 0 amide bonds. The third-order valence-electron chi connectivity index (χ3n) is 2.29. The molecule has 7 heteroatoms. The molecule has 0 spiro atoms. The largest absolute Gasteiger partial charge is 0.573 e. The third kappa shape index (κ3) is 2.93. The average Bonchev–Trinajstić information content (AvgIpc) is 2.65. The highest BCUT2D eigenvalue weighted by Crippen LogP contribution is 2.27. The maximum Gasteiger partial charge on any atom is 0.573 e. The van der Waals surface area contributed by atoms with Crippen LogP contribution in [0.15, 0.2) is 36.7 Å². The number of para-hydroxylation sites is 1. The lowest BCUT2D eigenvalue weighted by atomic mass is 10.2. The lowest BCUT2D eigenvalue weighted by molar-refractivity contribution is -0.274. The number of nitrogens with zero attached hydrogens (tertiary/aromatic N) is 2. The molecule has 0 saturated heterocycles. The molecule has 0 atom stereocenters. The van der Waals surface area contributed by atoms with Crippen LogP contribution in [0.25, 0.3) is 0 Å². The van der Waals surface area contributed by atoms with Crippen molar-refractivity contribution in [3.63, 3.8) is 0 Å². The van der Waals surface area contributed by atoms with Crippen LogP contribution in [0.5, 0.6) is 5.75 Å². The van der Waals surface area contributed by atoms with E-state index in [1.807, 2.05) is 0 Å². The van der Waals surface area contributed by atoms with E-state index in [1.54, 1.807) is 18.3 Å². The zero-order valence-corrected chi connectivity index (χ0v) is 9.19. The minimum atomic E-state index is -4.71. The van der Waals surface area contributed by atoms with Crippen molar-refractivity contribution < 1.29 is 17.9 Å². The molecule has 1 aromatic heterocycles. The van der Waals surface area contributed by atoms with Gasteiger partial charge in [0, 0.05) is 18.0 Å². The molecular weight excluding hydrogens is 247 g/mol. The maximum atomic E-state index is 12.2. The Morgan fingerprint density at radius 2 is 2.00 bits per heavy atom. The molecular formula is C11H10F3N3O. The minimum Gasteiger partial charge on any atom is -0.405 e. The molecule has 0 fully saturated rings. The molecule has 0 unspecified atom stereocenters. The summed E-state index contributed by atoms with van der Waals surface area (Å²) in [5, 5.41) is 0. The lowest BCUT2D eigenvalue weighted by Crippen LogP contribution is -2.18. The van der Waals surface area contributed by atoms with E-state index in [0.717, 1.165) is 0 Å². The number of ether oxygens (including phenoxy) is 1. The second-order valence-electron chi connectivity index (χ2n) is 3.57. The van der Waals surface area contributed by atoms with Crippen molar-refractivity contribution in [3.8, 4) is 5.75 Å². The second kappa shape index (κ2) is 4.59. The Labute approximate surface area is 101 Å². The van der Waals surface area contributed by atoms with Crippen LogP contribution in [0.1, 0.15) is 5.56 Å². The Bertz CT molecular complexity index is 536. The van der Waals surface area contributed by atoms with Crippen LogP contribution in [-0.4, -0.2) is 15.9 Å². The SMILES string of the molecule is Nc1nccn1Cc1ccccc1OC(F)(F)F. The van der Waals surface area contributed by atoms with Crippen LogP contribution in [0.3, 0.4) is 0 Å². The number of aromatic nitrogens is 2. The van der Waals surface area contributed by atoms with Gasteiger partial charge in [0.2, 0.25) is 0 Å². The van der Waals surface area contributed by atoms with Crippen molar-refractivity contribution >= 4 is 5.95 Å². The van der Waals surface area contributed by atoms with E-state index in [1.165, 1.54) is 22.9 Å². The van der Waals surface area contributed by atoms with Crippen LogP contribution >= 0.6 is 0 Å². The first-order chi connectivity index (χ1) is 8.46. The van der Waals surface area contributed by atoms with E-state index < -0.39 is 6.36 Å². The summed E-state index contributed by atoms with van der Waals surface area (Å²) in [5.41, 5.74) is 5.93. The van der Waals surface area contributed by atoms with Crippen molar-refractivity contribution in [1.82, 2.24) is 9.55 Å². The smallest absolute Gasteiger partial charge is 0.405 e. The summed E-state index contributed by atoms with van der Waals surface area (Å²) in [4.78, 5) is 3.79. The Hall–Kier alpha value is -2.18. The Morgan fingerprint density at radius 1 is 1.28 bits per heavy atom. The van der Waals surface area contributed by atoms with Crippen molar-refractivity contribution in [2.24, 2.45) is 0 Å². The summed E-state index contributed by atoms with van der Waals surface area (Å²) < 4.78 is 42.1. The molecule has 18 heavy (non-hydrogen) atoms. The van der Waals surface area contributed by atoms with Gasteiger partial charge in [-0.15, -0.1) is 13.2 Å². The lowest BCUT2D eigenvalue weighted by Gasteiger charge is -2.13. The zero-order valence-electron chi connectivity index (χ0n) is 9.19. The van der Waals surface area contributed by atoms with E-state index in [2.05, 4.69) is 9.72 Å². The third-order valence-corrected chi connectivity index (χ3v) is 2.29. The Balaban J connectivity index is 2.25. The van der Waals surface area contributed by atoms with Gasteiger partial charge in [0.05, 0.1) is 6.54 Å². The predicted molar refractivity (Wildman–Crippen MR) is 58.9 cm³/mol. The fraction of sp³-hybridized carbons (Fsp3) is 0.182. The molecule has 0 saturated carbocycles. The van der Waals surface area contributed by atoms with E-state index >= 15 is 0 Å². The van der Waals surface area contributed by atoms with Crippen LogP contribution in [0.2, 0.25) is 0 Å². The van der Waals surface area contributed by atoms with Crippen molar-refractivity contribution in [1.29, 1.82) is 0 Å². The normalized spacial score (nSPS) is 11.5. The number of hydrogen-bond acceptors (Lipinski definition) is 3. The number of alkyl halides is 3. The van der Waals surface area contributed by atoms with Crippen LogP contribution in [0, 0.1) is 0 Å². The van der Waals surface area contributed by atoms with Gasteiger partial charge in [-0.3, -0.25) is 0 Å². The maximum absolute atomic E-state index is 12.2. The summed E-state index contributed by atoms with van der Waals surface area (Å²) in [6, 6.07) is 5.91. The van der Waals surface area contributed by atoms with Gasteiger partial charge >= 0.3 is 6.36 Å². The van der Waals surface area contributed by atoms with Gasteiger partial charge in [0.1, 0.15) is 5.75 Å². The standard InChI is InChI=1S/C11H10F3N3O/c12-11(13,14)18-9-4-2-1-3-8(9)7-17-6-5-16-10(17)15/h1-6H,7H2,(H2,15,16). The quantitative estimate of drug-likeness (QED) is 0.918. The molecule has 2 N–H and O–H groups in total. The number of anilines is 1. The number of halogens is 3. The molecule has 0 bridgehead atoms. The predicted octanol–water partition coefficient (Wildman–Crippen LogP) is 2.41. The number of rotatable bonds is 3. The molecule has 2 rings (SSSR count). The number of nitrogen functional groups attached to an aromatic ring is 1. The fourth-order valence-corrected chi connectivity index (χ4v) is 1.52. The fourth-order valence-electron chi connectivity index (χ4n) is 1.52. The first-order valence-electron chi connectivity index (χ1n) is 5.06. The number of hydrogen-bond donors (Lipinski definition) is 1. The van der Waals surface area contributed by atoms with Crippen molar-refractivity contribution in [3.05, 3.63) is 42.2 Å². The first kappa shape index (κ1) is 12.3. The Kier molecular flexibility index (Phi) is 3.14. The van der Waals surface area contributed by atoms with Gasteiger partial charge < -0.3 is 15.0 Å². The highest BCUT2D eigenvalue weighted by molar-refractivity contribution is 5.34. The topological polar surface area (TPSA) is 53.1 Å². The zero-order chi connectivity index (χ0) is 13.2. The summed E-state index contributed by atoms with van der Waals surface area (Å²) in [7, 11) is 0. The van der Waals surface area contributed by atoms with E-state index in [0.29, 0.717) is 5.56 Å². The second-order valence-corrected chi connectivity index (χ2v) is 3.57. The van der Waals surface area contributed by atoms with Crippen LogP contribution < -0.4 is 10.5 Å². The molecule has 1 heterocycles. The molecule has 0 aliphatic carbocycles. The van der Waals surface area contributed by atoms with E-state index in [-0.39, 0.29) is 18.2 Å². The highest BCUT2D eigenvalue weighted by atomic mass is 19.4. The van der Waals surface area contributed by atoms with Gasteiger partial charge in [-0.05, 0) is 6.07 Å². The highest BCUT2D eigenvalue weighted by Gasteiger charge is 2.31. The van der Waals surface area contributed by atoms with Gasteiger partial charge in [0.15, 0.2) is 5.95 Å². The van der Waals surface area contributed by atoms with Crippen LogP contribution in [0.4, 0.5) is 19.1 Å². The molecule has 2 aromatic rings. The van der Waals surface area contributed by atoms with Gasteiger partial charge in [-0.1, -0.05) is 18.2 Å². The molecule has 4 nitrogen and oxygen atoms in total. The van der Waals surface area contributed by atoms with Gasteiger partial charge in [-0.2, -0.15) is 0 Å². The number of nitrogens with two attached hydrogens (primary N) is 1. The molecule has 0 aliphatic rings. The summed E-state index contributed by atoms with van der Waals surface area (Å²) >= 11 is 0. The van der Waals surface area contributed by atoms with Gasteiger partial charge in [0.25, 0.3) is 0 Å². The average molecular weight is 257 g/mol.